The second-order valence-electron chi connectivity index (χ2n) is 4.53. The molecule has 0 saturated carbocycles. The molecule has 3 unspecified atom stereocenters. The highest BCUT2D eigenvalue weighted by atomic mass is 16.7. The van der Waals surface area contributed by atoms with E-state index in [4.69, 9.17) is 20.9 Å². The maximum atomic E-state index is 10.2. The molecule has 0 radical (unpaired) electrons. The maximum Gasteiger partial charge on any atom is 0.185 e. The highest BCUT2D eigenvalue weighted by Crippen LogP contribution is 2.25. The molecule has 0 aromatic heterocycles. The van der Waals surface area contributed by atoms with Gasteiger partial charge in [0.15, 0.2) is 6.29 Å². The van der Waals surface area contributed by atoms with Crippen molar-refractivity contribution in [3.8, 4) is 0 Å². The van der Waals surface area contributed by atoms with Gasteiger partial charge >= 0.3 is 0 Å². The van der Waals surface area contributed by atoms with Crippen molar-refractivity contribution in [3.05, 3.63) is 0 Å². The molecule has 0 aromatic rings. The Morgan fingerprint density at radius 1 is 1.17 bits per heavy atom. The van der Waals surface area contributed by atoms with Crippen molar-refractivity contribution in [3.63, 3.8) is 0 Å². The summed E-state index contributed by atoms with van der Waals surface area (Å²) in [6.07, 6.45) is -2.89. The number of hydrogen-bond donors (Lipinski definition) is 4. The molecule has 0 amide bonds. The SMILES string of the molecule is COC1O[C@H](C)C(O)C(N(CCN)CCN)[C@@H]1O. The van der Waals surface area contributed by atoms with Gasteiger partial charge in [-0.15, -0.1) is 0 Å². The largest absolute Gasteiger partial charge is 0.389 e. The Morgan fingerprint density at radius 2 is 1.72 bits per heavy atom. The molecular formula is C11H25N3O4. The third-order valence-electron chi connectivity index (χ3n) is 3.29. The molecule has 108 valence electrons. The van der Waals surface area contributed by atoms with Crippen LogP contribution in [-0.4, -0.2) is 79.0 Å². The summed E-state index contributed by atoms with van der Waals surface area (Å²) in [6, 6.07) is -0.481. The van der Waals surface area contributed by atoms with Crippen LogP contribution in [0.4, 0.5) is 0 Å². The second-order valence-corrected chi connectivity index (χ2v) is 4.53. The fraction of sp³-hybridized carbons (Fsp3) is 1.00. The van der Waals surface area contributed by atoms with E-state index >= 15 is 0 Å². The van der Waals surface area contributed by atoms with Crippen molar-refractivity contribution in [2.24, 2.45) is 11.5 Å². The Morgan fingerprint density at radius 3 is 2.17 bits per heavy atom. The average Bonchev–Trinajstić information content (AvgIpc) is 2.34. The smallest absolute Gasteiger partial charge is 0.185 e. The van der Waals surface area contributed by atoms with Gasteiger partial charge in [-0.05, 0) is 6.92 Å². The predicted octanol–water partition coefficient (Wildman–Crippen LogP) is -2.31. The van der Waals surface area contributed by atoms with Crippen LogP contribution in [0.2, 0.25) is 0 Å². The zero-order chi connectivity index (χ0) is 13.7. The van der Waals surface area contributed by atoms with Crippen LogP contribution in [0.3, 0.4) is 0 Å². The summed E-state index contributed by atoms with van der Waals surface area (Å²) in [5.41, 5.74) is 11.1. The summed E-state index contributed by atoms with van der Waals surface area (Å²) in [5.74, 6) is 0. The van der Waals surface area contributed by atoms with Crippen LogP contribution in [0, 0.1) is 0 Å². The fourth-order valence-corrected chi connectivity index (χ4v) is 2.38. The summed E-state index contributed by atoms with van der Waals surface area (Å²) >= 11 is 0. The molecule has 0 bridgehead atoms. The van der Waals surface area contributed by atoms with Crippen LogP contribution >= 0.6 is 0 Å². The first kappa shape index (κ1) is 15.8. The minimum absolute atomic E-state index is 0.415. The van der Waals surface area contributed by atoms with Crippen molar-refractivity contribution in [1.29, 1.82) is 0 Å². The van der Waals surface area contributed by atoms with Gasteiger partial charge in [-0.2, -0.15) is 0 Å². The van der Waals surface area contributed by atoms with E-state index in [1.165, 1.54) is 7.11 Å². The minimum Gasteiger partial charge on any atom is -0.389 e. The second kappa shape index (κ2) is 7.34. The number of nitrogens with two attached hydrogens (primary N) is 2. The van der Waals surface area contributed by atoms with E-state index < -0.39 is 30.6 Å². The van der Waals surface area contributed by atoms with Gasteiger partial charge in [-0.3, -0.25) is 4.90 Å². The first-order valence-electron chi connectivity index (χ1n) is 6.25. The highest BCUT2D eigenvalue weighted by molar-refractivity contribution is 4.94. The van der Waals surface area contributed by atoms with Gasteiger partial charge in [0.25, 0.3) is 0 Å². The Kier molecular flexibility index (Phi) is 6.44. The lowest BCUT2D eigenvalue weighted by Crippen LogP contribution is -2.64. The summed E-state index contributed by atoms with van der Waals surface area (Å²) in [7, 11) is 1.46. The molecule has 5 atom stereocenters. The van der Waals surface area contributed by atoms with Gasteiger partial charge in [0.1, 0.15) is 6.10 Å². The molecular weight excluding hydrogens is 238 g/mol. The topological polar surface area (TPSA) is 114 Å². The van der Waals surface area contributed by atoms with Crippen LogP contribution in [0.25, 0.3) is 0 Å². The van der Waals surface area contributed by atoms with Gasteiger partial charge < -0.3 is 31.2 Å². The van der Waals surface area contributed by atoms with Crippen molar-refractivity contribution in [2.75, 3.05) is 33.3 Å². The molecule has 0 aliphatic carbocycles. The normalized spacial score (nSPS) is 37.2. The Bertz CT molecular complexity index is 238. The Labute approximate surface area is 108 Å². The zero-order valence-corrected chi connectivity index (χ0v) is 11.0. The minimum atomic E-state index is -0.931. The van der Waals surface area contributed by atoms with E-state index in [0.717, 1.165) is 0 Å². The fourth-order valence-electron chi connectivity index (χ4n) is 2.38. The van der Waals surface area contributed by atoms with E-state index in [0.29, 0.717) is 26.2 Å². The first-order valence-corrected chi connectivity index (χ1v) is 6.25. The molecule has 7 heteroatoms. The lowest BCUT2D eigenvalue weighted by molar-refractivity contribution is -0.275. The maximum absolute atomic E-state index is 10.2. The van der Waals surface area contributed by atoms with Crippen LogP contribution in [-0.2, 0) is 9.47 Å². The standard InChI is InChI=1S/C11H25N3O4/c1-7-9(15)8(10(16)11(17-2)18-7)14(5-3-12)6-4-13/h7-11,15-16H,3-6,12-13H2,1-2H3/t7-,8?,9?,10+,11?/m1/s1. The van der Waals surface area contributed by atoms with Crippen molar-refractivity contribution in [2.45, 2.75) is 37.6 Å². The number of hydrogen-bond acceptors (Lipinski definition) is 7. The summed E-state index contributed by atoms with van der Waals surface area (Å²) in [5, 5.41) is 20.4. The number of aliphatic hydroxyl groups excluding tert-OH is 2. The molecule has 0 aromatic carbocycles. The third-order valence-corrected chi connectivity index (χ3v) is 3.29. The van der Waals surface area contributed by atoms with E-state index in [2.05, 4.69) is 0 Å². The summed E-state index contributed by atoms with van der Waals surface area (Å²) < 4.78 is 10.5. The molecule has 1 rings (SSSR count). The van der Waals surface area contributed by atoms with Gasteiger partial charge in [-0.25, -0.2) is 0 Å². The molecule has 18 heavy (non-hydrogen) atoms. The number of ether oxygens (including phenoxy) is 2. The zero-order valence-electron chi connectivity index (χ0n) is 11.0. The number of methoxy groups -OCH3 is 1. The Hall–Kier alpha value is -0.280. The predicted molar refractivity (Wildman–Crippen MR) is 66.8 cm³/mol. The quantitative estimate of drug-likeness (QED) is 0.425. The first-order chi connectivity index (χ1) is 8.56. The van der Waals surface area contributed by atoms with E-state index in [1.807, 2.05) is 4.90 Å². The van der Waals surface area contributed by atoms with Crippen molar-refractivity contribution >= 4 is 0 Å². The third kappa shape index (κ3) is 3.39. The van der Waals surface area contributed by atoms with Gasteiger partial charge in [0.2, 0.25) is 0 Å². The number of nitrogens with zero attached hydrogens (tertiary/aromatic N) is 1. The molecule has 1 aliphatic rings. The number of rotatable bonds is 6. The van der Waals surface area contributed by atoms with Crippen LogP contribution in [0.1, 0.15) is 6.92 Å². The molecule has 1 heterocycles. The lowest BCUT2D eigenvalue weighted by Gasteiger charge is -2.46. The lowest BCUT2D eigenvalue weighted by atomic mass is 9.95. The van der Waals surface area contributed by atoms with Crippen molar-refractivity contribution in [1.82, 2.24) is 4.90 Å². The van der Waals surface area contributed by atoms with E-state index in [-0.39, 0.29) is 0 Å². The summed E-state index contributed by atoms with van der Waals surface area (Å²) in [4.78, 5) is 1.89. The number of aliphatic hydroxyl groups is 2. The average molecular weight is 263 g/mol. The van der Waals surface area contributed by atoms with Crippen LogP contribution < -0.4 is 11.5 Å². The van der Waals surface area contributed by atoms with Crippen LogP contribution in [0.15, 0.2) is 0 Å². The van der Waals surface area contributed by atoms with Gasteiger partial charge in [0, 0.05) is 33.3 Å². The molecule has 0 spiro atoms. The van der Waals surface area contributed by atoms with Crippen LogP contribution in [0.5, 0.6) is 0 Å². The van der Waals surface area contributed by atoms with Gasteiger partial charge in [-0.1, -0.05) is 0 Å². The molecule has 6 N–H and O–H groups in total. The summed E-state index contributed by atoms with van der Waals surface area (Å²) in [6.45, 7) is 3.72. The molecule has 1 aliphatic heterocycles. The monoisotopic (exact) mass is 263 g/mol. The van der Waals surface area contributed by atoms with Gasteiger partial charge in [0.05, 0.1) is 18.2 Å². The molecule has 1 fully saturated rings. The highest BCUT2D eigenvalue weighted by Gasteiger charge is 2.45. The molecule has 1 saturated heterocycles. The van der Waals surface area contributed by atoms with Crippen molar-refractivity contribution < 1.29 is 19.7 Å². The van der Waals surface area contributed by atoms with E-state index in [1.54, 1.807) is 6.92 Å². The molecule has 7 nitrogen and oxygen atoms in total. The Balaban J connectivity index is 2.84. The van der Waals surface area contributed by atoms with E-state index in [9.17, 15) is 10.2 Å².